The number of carbonyl (C=O) groups excluding carboxylic acids is 1. The van der Waals surface area contributed by atoms with E-state index < -0.39 is 10.0 Å². The van der Waals surface area contributed by atoms with Crippen LogP contribution in [0.25, 0.3) is 0 Å². The topological polar surface area (TPSA) is 106 Å². The van der Waals surface area contributed by atoms with Crippen LogP contribution in [0.4, 0.5) is 11.4 Å². The molecule has 9 heteroatoms. The Morgan fingerprint density at radius 1 is 0.879 bits per heavy atom. The summed E-state index contributed by atoms with van der Waals surface area (Å²) in [7, 11) is -3.77. The molecule has 0 saturated heterocycles. The Kier molecular flexibility index (Phi) is 7.72. The molecule has 1 saturated carbocycles. The van der Waals surface area contributed by atoms with Crippen LogP contribution in [0.2, 0.25) is 0 Å². The zero-order chi connectivity index (χ0) is 23.1. The first-order valence-corrected chi connectivity index (χ1v) is 13.0. The summed E-state index contributed by atoms with van der Waals surface area (Å²) in [5.74, 6) is 0.685. The molecule has 1 heterocycles. The number of sulfonamides is 1. The van der Waals surface area contributed by atoms with Crippen LogP contribution in [0.15, 0.2) is 47.4 Å². The second kappa shape index (κ2) is 10.9. The molecule has 2 aliphatic rings. The van der Waals surface area contributed by atoms with Crippen LogP contribution in [0.3, 0.4) is 0 Å². The molecule has 0 spiro atoms. The lowest BCUT2D eigenvalue weighted by atomic mass is 9.95. The fourth-order valence-electron chi connectivity index (χ4n) is 4.05. The highest BCUT2D eigenvalue weighted by Crippen LogP contribution is 2.31. The Balaban J connectivity index is 1.24. The third kappa shape index (κ3) is 6.61. The van der Waals surface area contributed by atoms with Gasteiger partial charge in [-0.3, -0.25) is 4.79 Å². The zero-order valence-electron chi connectivity index (χ0n) is 18.6. The number of anilines is 2. The van der Waals surface area contributed by atoms with E-state index in [2.05, 4.69) is 15.4 Å². The summed E-state index contributed by atoms with van der Waals surface area (Å²) in [4.78, 5) is 12.3. The third-order valence-corrected chi connectivity index (χ3v) is 7.28. The van der Waals surface area contributed by atoms with Crippen molar-refractivity contribution >= 4 is 27.3 Å². The molecule has 0 bridgehead atoms. The predicted octanol–water partition coefficient (Wildman–Crippen LogP) is 3.90. The molecule has 3 N–H and O–H groups in total. The van der Waals surface area contributed by atoms with E-state index in [1.54, 1.807) is 6.07 Å². The van der Waals surface area contributed by atoms with E-state index in [1.807, 2.05) is 24.3 Å². The molecule has 1 amide bonds. The maximum Gasteiger partial charge on any atom is 0.240 e. The summed E-state index contributed by atoms with van der Waals surface area (Å²) in [5, 5.41) is 6.35. The molecule has 1 fully saturated rings. The van der Waals surface area contributed by atoms with Crippen LogP contribution in [-0.4, -0.2) is 40.1 Å². The first kappa shape index (κ1) is 23.4. The van der Waals surface area contributed by atoms with Crippen LogP contribution < -0.4 is 24.8 Å². The van der Waals surface area contributed by atoms with E-state index in [9.17, 15) is 13.2 Å². The van der Waals surface area contributed by atoms with Crippen molar-refractivity contribution in [2.24, 2.45) is 0 Å². The van der Waals surface area contributed by atoms with E-state index >= 15 is 0 Å². The lowest BCUT2D eigenvalue weighted by Gasteiger charge is -2.23. The largest absolute Gasteiger partial charge is 0.490 e. The number of rotatable bonds is 8. The Bertz CT molecular complexity index is 1050. The molecule has 1 aliphatic carbocycles. The van der Waals surface area contributed by atoms with Gasteiger partial charge in [-0.05, 0) is 49.2 Å². The smallest absolute Gasteiger partial charge is 0.240 e. The van der Waals surface area contributed by atoms with Crippen LogP contribution in [0.5, 0.6) is 11.5 Å². The number of hydrogen-bond donors (Lipinski definition) is 3. The van der Waals surface area contributed by atoms with Crippen molar-refractivity contribution in [3.05, 3.63) is 42.5 Å². The highest BCUT2D eigenvalue weighted by Gasteiger charge is 2.19. The van der Waals surface area contributed by atoms with Crippen molar-refractivity contribution in [3.8, 4) is 11.5 Å². The molecule has 0 aromatic heterocycles. The molecule has 2 aromatic rings. The molecule has 4 rings (SSSR count). The van der Waals surface area contributed by atoms with E-state index in [-0.39, 0.29) is 23.8 Å². The SMILES string of the molecule is O=C(CCNS(=O)(=O)c1ccc2c(c1)OCCCO2)Nc1ccc(NC2CCCCC2)cc1. The summed E-state index contributed by atoms with van der Waals surface area (Å²) in [6.45, 7) is 0.998. The molecule has 1 aliphatic heterocycles. The number of fused-ring (bicyclic) bond motifs is 1. The van der Waals surface area contributed by atoms with Gasteiger partial charge in [0, 0.05) is 42.9 Å². The minimum absolute atomic E-state index is 0.00999. The fraction of sp³-hybridized carbons (Fsp3) is 0.458. The van der Waals surface area contributed by atoms with E-state index in [0.717, 1.165) is 12.1 Å². The Labute approximate surface area is 195 Å². The van der Waals surface area contributed by atoms with Gasteiger partial charge in [0.15, 0.2) is 11.5 Å². The van der Waals surface area contributed by atoms with Crippen LogP contribution in [0.1, 0.15) is 44.9 Å². The number of nitrogens with one attached hydrogen (secondary N) is 3. The number of benzene rings is 2. The number of carbonyl (C=O) groups is 1. The number of amides is 1. The first-order valence-electron chi connectivity index (χ1n) is 11.6. The van der Waals surface area contributed by atoms with Gasteiger partial charge in [0.1, 0.15) is 0 Å². The summed E-state index contributed by atoms with van der Waals surface area (Å²) < 4.78 is 38.8. The standard InChI is InChI=1S/C24H31N3O5S/c28-24(27-20-9-7-19(8-10-20)26-18-5-2-1-3-6-18)13-14-25-33(29,30)21-11-12-22-23(17-21)32-16-4-15-31-22/h7-12,17-18,25-26H,1-6,13-16H2,(H,27,28). The highest BCUT2D eigenvalue weighted by atomic mass is 32.2. The van der Waals surface area contributed by atoms with Gasteiger partial charge in [0.25, 0.3) is 0 Å². The first-order chi connectivity index (χ1) is 16.0. The predicted molar refractivity (Wildman–Crippen MR) is 127 cm³/mol. The van der Waals surface area contributed by atoms with Crippen molar-refractivity contribution in [2.75, 3.05) is 30.4 Å². The minimum Gasteiger partial charge on any atom is -0.490 e. The molecule has 0 unspecified atom stereocenters. The zero-order valence-corrected chi connectivity index (χ0v) is 19.5. The van der Waals surface area contributed by atoms with Crippen molar-refractivity contribution in [1.29, 1.82) is 0 Å². The fourth-order valence-corrected chi connectivity index (χ4v) is 5.10. The van der Waals surface area contributed by atoms with Crippen molar-refractivity contribution in [2.45, 2.75) is 55.9 Å². The Morgan fingerprint density at radius 2 is 1.58 bits per heavy atom. The Hall–Kier alpha value is -2.78. The maximum absolute atomic E-state index is 12.6. The quantitative estimate of drug-likeness (QED) is 0.537. The molecule has 0 radical (unpaired) electrons. The Morgan fingerprint density at radius 3 is 2.33 bits per heavy atom. The molecule has 2 aromatic carbocycles. The van der Waals surface area contributed by atoms with Gasteiger partial charge in [-0.1, -0.05) is 19.3 Å². The van der Waals surface area contributed by atoms with E-state index in [0.29, 0.717) is 36.4 Å². The summed E-state index contributed by atoms with van der Waals surface area (Å²) in [6.07, 6.45) is 7.00. The minimum atomic E-state index is -3.77. The van der Waals surface area contributed by atoms with Gasteiger partial charge < -0.3 is 20.1 Å². The number of ether oxygens (including phenoxy) is 2. The average molecular weight is 474 g/mol. The van der Waals surface area contributed by atoms with Crippen molar-refractivity contribution < 1.29 is 22.7 Å². The maximum atomic E-state index is 12.6. The average Bonchev–Trinajstić information content (AvgIpc) is 3.06. The van der Waals surface area contributed by atoms with Gasteiger partial charge in [0.05, 0.1) is 18.1 Å². The van der Waals surface area contributed by atoms with Gasteiger partial charge in [-0.15, -0.1) is 0 Å². The highest BCUT2D eigenvalue weighted by molar-refractivity contribution is 7.89. The van der Waals surface area contributed by atoms with Crippen LogP contribution in [-0.2, 0) is 14.8 Å². The molecule has 8 nitrogen and oxygen atoms in total. The second-order valence-electron chi connectivity index (χ2n) is 8.41. The summed E-state index contributed by atoms with van der Waals surface area (Å²) >= 11 is 0. The van der Waals surface area contributed by atoms with E-state index in [1.165, 1.54) is 44.2 Å². The van der Waals surface area contributed by atoms with Crippen LogP contribution in [0, 0.1) is 0 Å². The van der Waals surface area contributed by atoms with Gasteiger partial charge in [0.2, 0.25) is 15.9 Å². The van der Waals surface area contributed by atoms with Gasteiger partial charge in [-0.25, -0.2) is 13.1 Å². The summed E-state index contributed by atoms with van der Waals surface area (Å²) in [5.41, 5.74) is 1.72. The molecular weight excluding hydrogens is 442 g/mol. The monoisotopic (exact) mass is 473 g/mol. The van der Waals surface area contributed by atoms with Crippen molar-refractivity contribution in [1.82, 2.24) is 4.72 Å². The van der Waals surface area contributed by atoms with E-state index in [4.69, 9.17) is 9.47 Å². The van der Waals surface area contributed by atoms with Crippen LogP contribution >= 0.6 is 0 Å². The van der Waals surface area contributed by atoms with Gasteiger partial charge in [-0.2, -0.15) is 0 Å². The lowest BCUT2D eigenvalue weighted by molar-refractivity contribution is -0.116. The molecule has 0 atom stereocenters. The summed E-state index contributed by atoms with van der Waals surface area (Å²) in [6, 6.07) is 12.6. The normalized spacial score (nSPS) is 16.6. The second-order valence-corrected chi connectivity index (χ2v) is 10.2. The molecule has 33 heavy (non-hydrogen) atoms. The number of hydrogen-bond acceptors (Lipinski definition) is 6. The third-order valence-electron chi connectivity index (χ3n) is 5.82. The molecule has 178 valence electrons. The molecular formula is C24H31N3O5S. The lowest BCUT2D eigenvalue weighted by Crippen LogP contribution is -2.28. The van der Waals surface area contributed by atoms with Crippen molar-refractivity contribution in [3.63, 3.8) is 0 Å². The van der Waals surface area contributed by atoms with Gasteiger partial charge >= 0.3 is 0 Å².